The van der Waals surface area contributed by atoms with E-state index in [1.807, 2.05) is 0 Å². The molecule has 6 nitrogen and oxygen atoms in total. The highest BCUT2D eigenvalue weighted by molar-refractivity contribution is 5.86. The van der Waals surface area contributed by atoms with Crippen LogP contribution in [0.3, 0.4) is 0 Å². The zero-order valence-corrected chi connectivity index (χ0v) is 12.6. The Morgan fingerprint density at radius 1 is 1.14 bits per heavy atom. The number of amides is 2. The van der Waals surface area contributed by atoms with Gasteiger partial charge in [0.25, 0.3) is 0 Å². The van der Waals surface area contributed by atoms with Crippen LogP contribution in [0.1, 0.15) is 34.6 Å². The molecule has 0 aliphatic rings. The first-order valence-electron chi connectivity index (χ1n) is 6.18. The third-order valence-corrected chi connectivity index (χ3v) is 2.09. The van der Waals surface area contributed by atoms with Crippen LogP contribution in [0.15, 0.2) is 0 Å². The number of hydrogen-bond acceptors (Lipinski definition) is 4. The van der Waals surface area contributed by atoms with Gasteiger partial charge in [-0.05, 0) is 34.6 Å². The van der Waals surface area contributed by atoms with Crippen molar-refractivity contribution in [3.63, 3.8) is 0 Å². The summed E-state index contributed by atoms with van der Waals surface area (Å²) in [5.74, 6) is -1.16. The Morgan fingerprint density at radius 3 is 1.95 bits per heavy atom. The number of alkyl carbamates (subject to hydrolysis) is 1. The maximum absolute atomic E-state index is 12.1. The van der Waals surface area contributed by atoms with E-state index < -0.39 is 42.0 Å². The summed E-state index contributed by atoms with van der Waals surface area (Å²) in [5.41, 5.74) is -2.62. The molecule has 124 valence electrons. The van der Waals surface area contributed by atoms with Gasteiger partial charge in [-0.3, -0.25) is 4.79 Å². The molecular formula is C12H21F3N2O4. The first-order valence-corrected chi connectivity index (χ1v) is 6.18. The average molecular weight is 314 g/mol. The Bertz CT molecular complexity index is 383. The zero-order valence-electron chi connectivity index (χ0n) is 12.6. The molecule has 1 atom stereocenters. The van der Waals surface area contributed by atoms with E-state index in [0.717, 1.165) is 0 Å². The van der Waals surface area contributed by atoms with Crippen molar-refractivity contribution in [2.45, 2.75) is 58.0 Å². The van der Waals surface area contributed by atoms with E-state index in [0.29, 0.717) is 0 Å². The molecule has 0 bridgehead atoms. The molecule has 0 rings (SSSR count). The van der Waals surface area contributed by atoms with Gasteiger partial charge in [-0.25, -0.2) is 4.79 Å². The predicted octanol–water partition coefficient (Wildman–Crippen LogP) is 1.33. The first-order chi connectivity index (χ1) is 9.12. The quantitative estimate of drug-likeness (QED) is 0.730. The van der Waals surface area contributed by atoms with Gasteiger partial charge in [0.2, 0.25) is 5.91 Å². The lowest BCUT2D eigenvalue weighted by Crippen LogP contribution is -2.59. The SMILES string of the molecule is CC(C)(C)OC(=O)N[C@@H](C(=O)NCC(F)(F)F)C(C)(C)O. The third kappa shape index (κ3) is 9.11. The lowest BCUT2D eigenvalue weighted by Gasteiger charge is -2.30. The minimum Gasteiger partial charge on any atom is -0.444 e. The summed E-state index contributed by atoms with van der Waals surface area (Å²) in [4.78, 5) is 23.3. The smallest absolute Gasteiger partial charge is 0.408 e. The van der Waals surface area contributed by atoms with Gasteiger partial charge >= 0.3 is 12.3 Å². The van der Waals surface area contributed by atoms with E-state index in [2.05, 4.69) is 5.32 Å². The zero-order chi connectivity index (χ0) is 17.1. The second-order valence-electron chi connectivity index (χ2n) is 6.07. The minimum absolute atomic E-state index is 0.851. The molecule has 0 unspecified atom stereocenters. The molecule has 0 aromatic carbocycles. The summed E-state index contributed by atoms with van der Waals surface area (Å²) in [6, 6.07) is -1.59. The number of halogens is 3. The number of ether oxygens (including phenoxy) is 1. The van der Waals surface area contributed by atoms with E-state index in [1.165, 1.54) is 13.8 Å². The number of carbonyl (C=O) groups excluding carboxylic acids is 2. The van der Waals surface area contributed by atoms with Crippen LogP contribution in [0.5, 0.6) is 0 Å². The number of rotatable bonds is 4. The molecule has 0 aliphatic carbocycles. The van der Waals surface area contributed by atoms with Gasteiger partial charge in [0.1, 0.15) is 18.2 Å². The molecule has 0 saturated carbocycles. The van der Waals surface area contributed by atoms with Crippen LogP contribution in [-0.4, -0.2) is 47.1 Å². The molecule has 0 aliphatic heterocycles. The predicted molar refractivity (Wildman–Crippen MR) is 68.5 cm³/mol. The van der Waals surface area contributed by atoms with Crippen LogP contribution in [0.4, 0.5) is 18.0 Å². The van der Waals surface area contributed by atoms with E-state index in [9.17, 15) is 27.9 Å². The number of carbonyl (C=O) groups is 2. The fourth-order valence-corrected chi connectivity index (χ4v) is 1.28. The maximum Gasteiger partial charge on any atom is 0.408 e. The summed E-state index contributed by atoms with van der Waals surface area (Å²) < 4.78 is 41.1. The van der Waals surface area contributed by atoms with Crippen molar-refractivity contribution in [2.75, 3.05) is 6.54 Å². The number of alkyl halides is 3. The van der Waals surface area contributed by atoms with Crippen LogP contribution < -0.4 is 10.6 Å². The van der Waals surface area contributed by atoms with Crippen molar-refractivity contribution in [3.05, 3.63) is 0 Å². The van der Waals surface area contributed by atoms with Crippen molar-refractivity contribution in [2.24, 2.45) is 0 Å². The fourth-order valence-electron chi connectivity index (χ4n) is 1.28. The summed E-state index contributed by atoms with van der Waals surface area (Å²) >= 11 is 0. The Kier molecular flexibility index (Phi) is 6.04. The summed E-state index contributed by atoms with van der Waals surface area (Å²) in [6.45, 7) is 5.54. The molecule has 0 heterocycles. The monoisotopic (exact) mass is 314 g/mol. The van der Waals surface area contributed by atoms with Crippen LogP contribution in [0.2, 0.25) is 0 Å². The van der Waals surface area contributed by atoms with E-state index in [1.54, 1.807) is 26.1 Å². The summed E-state index contributed by atoms with van der Waals surface area (Å²) in [6.07, 6.45) is -5.61. The van der Waals surface area contributed by atoms with Gasteiger partial charge in [-0.15, -0.1) is 0 Å². The molecule has 0 fully saturated rings. The Balaban J connectivity index is 4.83. The van der Waals surface area contributed by atoms with E-state index >= 15 is 0 Å². The van der Waals surface area contributed by atoms with Crippen molar-refractivity contribution in [3.8, 4) is 0 Å². The van der Waals surface area contributed by atoms with Crippen molar-refractivity contribution in [1.82, 2.24) is 10.6 Å². The molecule has 0 radical (unpaired) electrons. The Hall–Kier alpha value is -1.51. The third-order valence-electron chi connectivity index (χ3n) is 2.09. The van der Waals surface area contributed by atoms with Crippen LogP contribution >= 0.6 is 0 Å². The molecule has 9 heteroatoms. The maximum atomic E-state index is 12.1. The first kappa shape index (κ1) is 19.5. The minimum atomic E-state index is -4.59. The van der Waals surface area contributed by atoms with Gasteiger partial charge in [-0.2, -0.15) is 13.2 Å². The van der Waals surface area contributed by atoms with Gasteiger partial charge in [0.05, 0.1) is 5.60 Å². The standard InChI is InChI=1S/C12H21F3N2O4/c1-10(2,3)21-9(19)17-7(11(4,5)20)8(18)16-6-12(13,14)15/h7,20H,6H2,1-5H3,(H,16,18)(H,17,19)/t7-/m0/s1. The van der Waals surface area contributed by atoms with E-state index in [-0.39, 0.29) is 0 Å². The Labute approximate surface area is 121 Å². The van der Waals surface area contributed by atoms with Crippen molar-refractivity contribution in [1.29, 1.82) is 0 Å². The lowest BCUT2D eigenvalue weighted by atomic mass is 9.98. The highest BCUT2D eigenvalue weighted by Gasteiger charge is 2.37. The van der Waals surface area contributed by atoms with E-state index in [4.69, 9.17) is 4.74 Å². The van der Waals surface area contributed by atoms with Crippen molar-refractivity contribution < 1.29 is 32.6 Å². The van der Waals surface area contributed by atoms with Crippen LogP contribution in [0.25, 0.3) is 0 Å². The number of nitrogens with one attached hydrogen (secondary N) is 2. The molecule has 0 aromatic heterocycles. The molecule has 21 heavy (non-hydrogen) atoms. The number of aliphatic hydroxyl groups is 1. The normalized spacial score (nSPS) is 14.3. The van der Waals surface area contributed by atoms with Crippen molar-refractivity contribution >= 4 is 12.0 Å². The second-order valence-corrected chi connectivity index (χ2v) is 6.07. The molecular weight excluding hydrogens is 293 g/mol. The molecule has 0 saturated heterocycles. The van der Waals surface area contributed by atoms with Gasteiger partial charge in [0.15, 0.2) is 0 Å². The van der Waals surface area contributed by atoms with Crippen LogP contribution in [0, 0.1) is 0 Å². The average Bonchev–Trinajstić information content (AvgIpc) is 2.17. The highest BCUT2D eigenvalue weighted by Crippen LogP contribution is 2.14. The Morgan fingerprint density at radius 2 is 1.62 bits per heavy atom. The topological polar surface area (TPSA) is 87.7 Å². The number of hydrogen-bond donors (Lipinski definition) is 3. The van der Waals surface area contributed by atoms with Gasteiger partial charge in [-0.1, -0.05) is 0 Å². The molecule has 2 amide bonds. The molecule has 0 aromatic rings. The summed E-state index contributed by atoms with van der Waals surface area (Å²) in [7, 11) is 0. The summed E-state index contributed by atoms with van der Waals surface area (Å²) in [5, 5.41) is 13.5. The largest absolute Gasteiger partial charge is 0.444 e. The van der Waals surface area contributed by atoms with Gasteiger partial charge < -0.3 is 20.5 Å². The van der Waals surface area contributed by atoms with Gasteiger partial charge in [0, 0.05) is 0 Å². The fraction of sp³-hybridized carbons (Fsp3) is 0.833. The second kappa shape index (κ2) is 6.50. The molecule has 0 spiro atoms. The lowest BCUT2D eigenvalue weighted by molar-refractivity contribution is -0.143. The highest BCUT2D eigenvalue weighted by atomic mass is 19.4. The van der Waals surface area contributed by atoms with Crippen LogP contribution in [-0.2, 0) is 9.53 Å². The molecule has 3 N–H and O–H groups in total.